The maximum Gasteiger partial charge on any atom is 0.471 e. The monoisotopic (exact) mass is 255 g/mol. The minimum absolute atomic E-state index is 0.0484. The number of ether oxygens (including phenoxy) is 1. The van der Waals surface area contributed by atoms with Crippen LogP contribution in [0.5, 0.6) is 0 Å². The molecular weight excluding hydrogens is 239 g/mol. The van der Waals surface area contributed by atoms with Crippen molar-refractivity contribution in [2.45, 2.75) is 45.3 Å². The van der Waals surface area contributed by atoms with Gasteiger partial charge >= 0.3 is 18.1 Å². The molecule has 7 heteroatoms. The van der Waals surface area contributed by atoms with Crippen LogP contribution >= 0.6 is 0 Å². The Morgan fingerprint density at radius 3 is 2.29 bits per heavy atom. The second kappa shape index (κ2) is 7.13. The fourth-order valence-corrected chi connectivity index (χ4v) is 0.985. The summed E-state index contributed by atoms with van der Waals surface area (Å²) in [4.78, 5) is 21.9. The van der Waals surface area contributed by atoms with Crippen molar-refractivity contribution in [1.29, 1.82) is 0 Å². The molecule has 0 aliphatic heterocycles. The highest BCUT2D eigenvalue weighted by molar-refractivity contribution is 5.87. The zero-order valence-electron chi connectivity index (χ0n) is 9.76. The van der Waals surface area contributed by atoms with Crippen molar-refractivity contribution in [2.24, 2.45) is 0 Å². The van der Waals surface area contributed by atoms with Gasteiger partial charge in [0.05, 0.1) is 6.61 Å². The number of esters is 1. The summed E-state index contributed by atoms with van der Waals surface area (Å²) < 4.78 is 40.6. The standard InChI is InChI=1S/C10H16F3NO3/c1-3-5-6-17-8(15)7(4-2)14-9(16)10(11,12)13/h7H,3-6H2,1-2H3,(H,14,16). The summed E-state index contributed by atoms with van der Waals surface area (Å²) in [5.41, 5.74) is 0. The molecule has 0 heterocycles. The fraction of sp³-hybridized carbons (Fsp3) is 0.800. The molecule has 0 spiro atoms. The quantitative estimate of drug-likeness (QED) is 0.581. The van der Waals surface area contributed by atoms with Gasteiger partial charge in [-0.25, -0.2) is 4.79 Å². The predicted molar refractivity (Wildman–Crippen MR) is 54.1 cm³/mol. The predicted octanol–water partition coefficient (Wildman–Crippen LogP) is 1.79. The third-order valence-corrected chi connectivity index (χ3v) is 2.00. The molecule has 1 amide bonds. The Kier molecular flexibility index (Phi) is 6.60. The van der Waals surface area contributed by atoms with Gasteiger partial charge in [0.25, 0.3) is 0 Å². The highest BCUT2D eigenvalue weighted by atomic mass is 19.4. The number of amides is 1. The van der Waals surface area contributed by atoms with Crippen molar-refractivity contribution >= 4 is 11.9 Å². The van der Waals surface area contributed by atoms with Crippen molar-refractivity contribution < 1.29 is 27.5 Å². The van der Waals surface area contributed by atoms with E-state index < -0.39 is 24.1 Å². The van der Waals surface area contributed by atoms with Crippen LogP contribution in [0.3, 0.4) is 0 Å². The van der Waals surface area contributed by atoms with E-state index >= 15 is 0 Å². The first-order chi connectivity index (χ1) is 7.82. The molecule has 1 N–H and O–H groups in total. The van der Waals surface area contributed by atoms with Gasteiger partial charge in [0, 0.05) is 0 Å². The molecule has 0 aromatic heterocycles. The number of hydrogen-bond donors (Lipinski definition) is 1. The summed E-state index contributed by atoms with van der Waals surface area (Å²) in [6.45, 7) is 3.52. The van der Waals surface area contributed by atoms with Crippen molar-refractivity contribution in [3.05, 3.63) is 0 Å². The number of nitrogens with one attached hydrogen (secondary N) is 1. The smallest absolute Gasteiger partial charge is 0.464 e. The van der Waals surface area contributed by atoms with Crippen LogP contribution < -0.4 is 5.32 Å². The van der Waals surface area contributed by atoms with Gasteiger partial charge in [-0.2, -0.15) is 13.2 Å². The first-order valence-electron chi connectivity index (χ1n) is 5.37. The molecule has 0 rings (SSSR count). The Balaban J connectivity index is 4.23. The molecule has 17 heavy (non-hydrogen) atoms. The van der Waals surface area contributed by atoms with Gasteiger partial charge in [-0.05, 0) is 12.8 Å². The van der Waals surface area contributed by atoms with Crippen LogP contribution in [0, 0.1) is 0 Å². The summed E-state index contributed by atoms with van der Waals surface area (Å²) in [6.07, 6.45) is -3.50. The normalized spacial score (nSPS) is 13.0. The molecule has 0 aliphatic carbocycles. The molecular formula is C10H16F3NO3. The van der Waals surface area contributed by atoms with Gasteiger partial charge in [0.2, 0.25) is 0 Å². The molecule has 1 atom stereocenters. The van der Waals surface area contributed by atoms with E-state index in [4.69, 9.17) is 4.74 Å². The molecule has 0 bridgehead atoms. The van der Waals surface area contributed by atoms with Crippen LogP contribution in [-0.4, -0.2) is 30.7 Å². The van der Waals surface area contributed by atoms with E-state index in [1.807, 2.05) is 6.92 Å². The second-order valence-corrected chi connectivity index (χ2v) is 3.45. The number of halogens is 3. The van der Waals surface area contributed by atoms with E-state index in [1.54, 1.807) is 5.32 Å². The van der Waals surface area contributed by atoms with Crippen LogP contribution in [0.25, 0.3) is 0 Å². The molecule has 0 radical (unpaired) electrons. The van der Waals surface area contributed by atoms with Crippen molar-refractivity contribution in [3.8, 4) is 0 Å². The minimum atomic E-state index is -4.99. The summed E-state index contributed by atoms with van der Waals surface area (Å²) in [5, 5.41) is 1.59. The molecule has 0 fully saturated rings. The molecule has 100 valence electrons. The Hall–Kier alpha value is -1.27. The van der Waals surface area contributed by atoms with E-state index in [0.29, 0.717) is 6.42 Å². The Bertz CT molecular complexity index is 266. The zero-order chi connectivity index (χ0) is 13.5. The topological polar surface area (TPSA) is 55.4 Å². The maximum atomic E-state index is 12.0. The van der Waals surface area contributed by atoms with E-state index in [9.17, 15) is 22.8 Å². The Morgan fingerprint density at radius 1 is 1.29 bits per heavy atom. The SMILES string of the molecule is CCCCOC(=O)C(CC)NC(=O)C(F)(F)F. The molecule has 0 saturated carbocycles. The third-order valence-electron chi connectivity index (χ3n) is 2.00. The van der Waals surface area contributed by atoms with E-state index in [2.05, 4.69) is 0 Å². The molecule has 0 saturated heterocycles. The first kappa shape index (κ1) is 15.7. The number of carbonyl (C=O) groups is 2. The molecule has 0 aliphatic rings. The third kappa shape index (κ3) is 6.13. The van der Waals surface area contributed by atoms with Crippen LogP contribution in [0.2, 0.25) is 0 Å². The van der Waals surface area contributed by atoms with Crippen LogP contribution in [0.1, 0.15) is 33.1 Å². The van der Waals surface area contributed by atoms with Crippen molar-refractivity contribution in [3.63, 3.8) is 0 Å². The summed E-state index contributed by atoms with van der Waals surface area (Å²) in [6, 6.07) is -1.25. The van der Waals surface area contributed by atoms with Gasteiger partial charge in [-0.15, -0.1) is 0 Å². The van der Waals surface area contributed by atoms with Gasteiger partial charge < -0.3 is 10.1 Å². The van der Waals surface area contributed by atoms with Crippen LogP contribution in [-0.2, 0) is 14.3 Å². The lowest BCUT2D eigenvalue weighted by atomic mass is 10.2. The number of hydrogen-bond acceptors (Lipinski definition) is 3. The fourth-order valence-electron chi connectivity index (χ4n) is 0.985. The highest BCUT2D eigenvalue weighted by Crippen LogP contribution is 2.15. The minimum Gasteiger partial charge on any atom is -0.464 e. The maximum absolute atomic E-state index is 12.0. The lowest BCUT2D eigenvalue weighted by molar-refractivity contribution is -0.176. The molecule has 4 nitrogen and oxygen atoms in total. The molecule has 0 aromatic carbocycles. The zero-order valence-corrected chi connectivity index (χ0v) is 9.76. The number of carbonyl (C=O) groups excluding carboxylic acids is 2. The number of rotatable bonds is 6. The summed E-state index contributed by atoms with van der Waals surface area (Å²) >= 11 is 0. The van der Waals surface area contributed by atoms with Gasteiger partial charge in [0.15, 0.2) is 0 Å². The number of alkyl halides is 3. The Morgan fingerprint density at radius 2 is 1.88 bits per heavy atom. The summed E-state index contributed by atoms with van der Waals surface area (Å²) in [7, 11) is 0. The second-order valence-electron chi connectivity index (χ2n) is 3.45. The van der Waals surface area contributed by atoms with E-state index in [1.165, 1.54) is 6.92 Å². The number of unbranched alkanes of at least 4 members (excludes halogenated alkanes) is 1. The average Bonchev–Trinajstić information content (AvgIpc) is 2.24. The Labute approximate surface area is 97.5 Å². The van der Waals surface area contributed by atoms with E-state index in [-0.39, 0.29) is 13.0 Å². The van der Waals surface area contributed by atoms with Crippen LogP contribution in [0.15, 0.2) is 0 Å². The lowest BCUT2D eigenvalue weighted by Gasteiger charge is -2.16. The lowest BCUT2D eigenvalue weighted by Crippen LogP contribution is -2.47. The largest absolute Gasteiger partial charge is 0.471 e. The molecule has 1 unspecified atom stereocenters. The van der Waals surface area contributed by atoms with Crippen molar-refractivity contribution in [1.82, 2.24) is 5.32 Å². The molecule has 0 aromatic rings. The van der Waals surface area contributed by atoms with Crippen LogP contribution in [0.4, 0.5) is 13.2 Å². The van der Waals surface area contributed by atoms with E-state index in [0.717, 1.165) is 6.42 Å². The summed E-state index contributed by atoms with van der Waals surface area (Å²) in [5.74, 6) is -2.96. The van der Waals surface area contributed by atoms with Gasteiger partial charge in [0.1, 0.15) is 6.04 Å². The van der Waals surface area contributed by atoms with Gasteiger partial charge in [-0.3, -0.25) is 4.79 Å². The van der Waals surface area contributed by atoms with Gasteiger partial charge in [-0.1, -0.05) is 20.3 Å². The highest BCUT2D eigenvalue weighted by Gasteiger charge is 2.40. The van der Waals surface area contributed by atoms with Crippen molar-refractivity contribution in [2.75, 3.05) is 6.61 Å². The average molecular weight is 255 g/mol. The first-order valence-corrected chi connectivity index (χ1v) is 5.37.